The number of aromatic nitrogens is 2. The van der Waals surface area contributed by atoms with Crippen molar-refractivity contribution in [2.45, 2.75) is 31.5 Å². The first kappa shape index (κ1) is 12.5. The molecule has 2 aromatic rings. The molecule has 0 aliphatic rings. The molecule has 1 unspecified atom stereocenters. The van der Waals surface area contributed by atoms with Crippen LogP contribution in [0.4, 0.5) is 0 Å². The number of hydrogen-bond acceptors (Lipinski definition) is 3. The average molecular weight is 249 g/mol. The van der Waals surface area contributed by atoms with Gasteiger partial charge in [-0.2, -0.15) is 0 Å². The van der Waals surface area contributed by atoms with E-state index < -0.39 is 0 Å². The van der Waals surface area contributed by atoms with E-state index in [9.17, 15) is 0 Å². The summed E-state index contributed by atoms with van der Waals surface area (Å²) in [5.41, 5.74) is 2.16. The van der Waals surface area contributed by atoms with Crippen LogP contribution in [0.2, 0.25) is 0 Å². The van der Waals surface area contributed by atoms with Gasteiger partial charge < -0.3 is 10.3 Å². The zero-order chi connectivity index (χ0) is 12.1. The number of H-pyrrole nitrogens is 1. The summed E-state index contributed by atoms with van der Waals surface area (Å²) in [5.74, 6) is 1.04. The summed E-state index contributed by atoms with van der Waals surface area (Å²) < 4.78 is 0. The van der Waals surface area contributed by atoms with Gasteiger partial charge in [0.25, 0.3) is 0 Å². The summed E-state index contributed by atoms with van der Waals surface area (Å²) >= 11 is 1.78. The number of nitrogens with one attached hydrogen (secondary N) is 2. The molecule has 4 heteroatoms. The van der Waals surface area contributed by atoms with Crippen LogP contribution in [0.3, 0.4) is 0 Å². The van der Waals surface area contributed by atoms with Crippen molar-refractivity contribution < 1.29 is 0 Å². The lowest BCUT2D eigenvalue weighted by Crippen LogP contribution is -2.28. The highest BCUT2D eigenvalue weighted by atomic mass is 32.2. The number of rotatable bonds is 6. The molecule has 1 aromatic carbocycles. The number of benzene rings is 1. The van der Waals surface area contributed by atoms with Crippen LogP contribution >= 0.6 is 11.8 Å². The van der Waals surface area contributed by atoms with Crippen LogP contribution in [-0.2, 0) is 0 Å². The summed E-state index contributed by atoms with van der Waals surface area (Å²) in [5, 5.41) is 4.48. The Labute approximate surface area is 106 Å². The Kier molecular flexibility index (Phi) is 4.45. The molecule has 0 fully saturated rings. The van der Waals surface area contributed by atoms with Gasteiger partial charge in [0.1, 0.15) is 0 Å². The molecule has 0 amide bonds. The maximum Gasteiger partial charge on any atom is 0.166 e. The number of para-hydroxylation sites is 2. The summed E-state index contributed by atoms with van der Waals surface area (Å²) in [4.78, 5) is 7.88. The molecular formula is C13H19N3S. The third kappa shape index (κ3) is 3.48. The summed E-state index contributed by atoms with van der Waals surface area (Å²) in [6, 6.07) is 8.66. The van der Waals surface area contributed by atoms with Gasteiger partial charge in [0.15, 0.2) is 5.16 Å². The van der Waals surface area contributed by atoms with E-state index in [-0.39, 0.29) is 0 Å². The molecule has 92 valence electrons. The Morgan fingerprint density at radius 1 is 1.41 bits per heavy atom. The van der Waals surface area contributed by atoms with E-state index in [1.807, 2.05) is 18.2 Å². The lowest BCUT2D eigenvalue weighted by Gasteiger charge is -2.11. The first-order valence-electron chi connectivity index (χ1n) is 6.10. The first-order valence-corrected chi connectivity index (χ1v) is 7.09. The molecule has 1 atom stereocenters. The number of fused-ring (bicyclic) bond motifs is 1. The Bertz CT molecular complexity index is 433. The molecule has 0 spiro atoms. The van der Waals surface area contributed by atoms with Crippen molar-refractivity contribution >= 4 is 22.8 Å². The average Bonchev–Trinajstić information content (AvgIpc) is 2.76. The van der Waals surface area contributed by atoms with Crippen LogP contribution in [0.5, 0.6) is 0 Å². The molecule has 0 aliphatic heterocycles. The predicted octanol–water partition coefficient (Wildman–Crippen LogP) is 3.04. The summed E-state index contributed by atoms with van der Waals surface area (Å²) in [7, 11) is 0. The highest BCUT2D eigenvalue weighted by molar-refractivity contribution is 7.99. The van der Waals surface area contributed by atoms with Gasteiger partial charge in [0.05, 0.1) is 11.0 Å². The molecule has 0 saturated carbocycles. The van der Waals surface area contributed by atoms with E-state index in [1.165, 1.54) is 6.42 Å². The van der Waals surface area contributed by atoms with Crippen LogP contribution in [0.25, 0.3) is 11.0 Å². The van der Waals surface area contributed by atoms with Crippen LogP contribution < -0.4 is 5.32 Å². The van der Waals surface area contributed by atoms with Gasteiger partial charge in [0.2, 0.25) is 0 Å². The van der Waals surface area contributed by atoms with E-state index in [2.05, 4.69) is 35.2 Å². The molecule has 0 saturated heterocycles. The number of thioether (sulfide) groups is 1. The second-order valence-electron chi connectivity index (χ2n) is 4.23. The standard InChI is InChI=1S/C13H19N3S/c1-3-8-14-10(2)9-17-13-15-11-6-4-5-7-12(11)16-13/h4-7,10,14H,3,8-9H2,1-2H3,(H,15,16). The van der Waals surface area contributed by atoms with Gasteiger partial charge in [-0.1, -0.05) is 30.8 Å². The molecule has 0 aliphatic carbocycles. The fraction of sp³-hybridized carbons (Fsp3) is 0.462. The Balaban J connectivity index is 1.90. The molecule has 1 heterocycles. The fourth-order valence-corrected chi connectivity index (χ4v) is 2.52. The van der Waals surface area contributed by atoms with Gasteiger partial charge >= 0.3 is 0 Å². The maximum absolute atomic E-state index is 4.54. The summed E-state index contributed by atoms with van der Waals surface area (Å²) in [6.45, 7) is 5.49. The Morgan fingerprint density at radius 3 is 3.00 bits per heavy atom. The SMILES string of the molecule is CCCNC(C)CSc1nc2ccccc2[nH]1. The van der Waals surface area contributed by atoms with Crippen LogP contribution in [-0.4, -0.2) is 28.3 Å². The number of nitrogens with zero attached hydrogens (tertiary/aromatic N) is 1. The van der Waals surface area contributed by atoms with Crippen LogP contribution in [0, 0.1) is 0 Å². The number of aromatic amines is 1. The minimum atomic E-state index is 0.521. The van der Waals surface area contributed by atoms with Crippen LogP contribution in [0.15, 0.2) is 29.4 Å². The minimum Gasteiger partial charge on any atom is -0.333 e. The van der Waals surface area contributed by atoms with E-state index >= 15 is 0 Å². The van der Waals surface area contributed by atoms with E-state index in [4.69, 9.17) is 0 Å². The Hall–Kier alpha value is -1.00. The van der Waals surface area contributed by atoms with Gasteiger partial charge in [-0.3, -0.25) is 0 Å². The molecule has 2 rings (SSSR count). The van der Waals surface area contributed by atoms with E-state index in [0.717, 1.165) is 28.5 Å². The van der Waals surface area contributed by atoms with E-state index in [1.54, 1.807) is 11.8 Å². The maximum atomic E-state index is 4.54. The third-order valence-electron chi connectivity index (χ3n) is 2.58. The molecule has 0 radical (unpaired) electrons. The molecule has 17 heavy (non-hydrogen) atoms. The van der Waals surface area contributed by atoms with Gasteiger partial charge in [-0.15, -0.1) is 0 Å². The second-order valence-corrected chi connectivity index (χ2v) is 5.23. The van der Waals surface area contributed by atoms with Gasteiger partial charge in [-0.05, 0) is 32.0 Å². The van der Waals surface area contributed by atoms with Gasteiger partial charge in [0, 0.05) is 11.8 Å². The Morgan fingerprint density at radius 2 is 2.24 bits per heavy atom. The predicted molar refractivity (Wildman–Crippen MR) is 74.6 cm³/mol. The molecule has 1 aromatic heterocycles. The molecule has 3 nitrogen and oxygen atoms in total. The fourth-order valence-electron chi connectivity index (χ4n) is 1.65. The monoisotopic (exact) mass is 249 g/mol. The van der Waals surface area contributed by atoms with Crippen molar-refractivity contribution in [3.05, 3.63) is 24.3 Å². The molecule has 2 N–H and O–H groups in total. The highest BCUT2D eigenvalue weighted by Crippen LogP contribution is 2.19. The van der Waals surface area contributed by atoms with Crippen molar-refractivity contribution in [3.8, 4) is 0 Å². The van der Waals surface area contributed by atoms with Crippen LogP contribution in [0.1, 0.15) is 20.3 Å². The zero-order valence-corrected chi connectivity index (χ0v) is 11.2. The lowest BCUT2D eigenvalue weighted by molar-refractivity contribution is 0.590. The second kappa shape index (κ2) is 6.07. The minimum absolute atomic E-state index is 0.521. The van der Waals surface area contributed by atoms with Crippen molar-refractivity contribution in [2.24, 2.45) is 0 Å². The van der Waals surface area contributed by atoms with Gasteiger partial charge in [-0.25, -0.2) is 4.98 Å². The normalized spacial score (nSPS) is 13.1. The first-order chi connectivity index (χ1) is 8.29. The zero-order valence-electron chi connectivity index (χ0n) is 10.4. The van der Waals surface area contributed by atoms with Crippen molar-refractivity contribution in [2.75, 3.05) is 12.3 Å². The largest absolute Gasteiger partial charge is 0.333 e. The van der Waals surface area contributed by atoms with E-state index in [0.29, 0.717) is 6.04 Å². The lowest BCUT2D eigenvalue weighted by atomic mass is 10.3. The van der Waals surface area contributed by atoms with Crippen molar-refractivity contribution in [1.82, 2.24) is 15.3 Å². The number of imidazole rings is 1. The van der Waals surface area contributed by atoms with Crippen molar-refractivity contribution in [3.63, 3.8) is 0 Å². The topological polar surface area (TPSA) is 40.7 Å². The smallest absolute Gasteiger partial charge is 0.166 e. The highest BCUT2D eigenvalue weighted by Gasteiger charge is 2.05. The quantitative estimate of drug-likeness (QED) is 0.773. The molecular weight excluding hydrogens is 230 g/mol. The number of hydrogen-bond donors (Lipinski definition) is 2. The van der Waals surface area contributed by atoms with Crippen molar-refractivity contribution in [1.29, 1.82) is 0 Å². The summed E-state index contributed by atoms with van der Waals surface area (Å²) in [6.07, 6.45) is 1.18. The molecule has 0 bridgehead atoms. The third-order valence-corrected chi connectivity index (χ3v) is 3.71.